The van der Waals surface area contributed by atoms with Gasteiger partial charge in [-0.3, -0.25) is 9.59 Å². The van der Waals surface area contributed by atoms with Crippen LogP contribution in [0.25, 0.3) is 0 Å². The standard InChI is InChI=1S/C17H27N3O2/c1-3-20(4-2)17(22)10-7-13-19-16(21)12-11-14-8-5-6-9-15(14)18/h5-6,8-9H,3-4,7,10-13,18H2,1-2H3,(H,19,21). The quantitative estimate of drug-likeness (QED) is 0.541. The van der Waals surface area contributed by atoms with Gasteiger partial charge in [0.2, 0.25) is 11.8 Å². The van der Waals surface area contributed by atoms with Crippen LogP contribution in [0, 0.1) is 0 Å². The van der Waals surface area contributed by atoms with E-state index in [0.717, 1.165) is 24.3 Å². The Morgan fingerprint density at radius 2 is 1.82 bits per heavy atom. The number of nitrogen functional groups attached to an aromatic ring is 1. The zero-order valence-electron chi connectivity index (χ0n) is 13.6. The van der Waals surface area contributed by atoms with Gasteiger partial charge in [-0.1, -0.05) is 18.2 Å². The van der Waals surface area contributed by atoms with Crippen molar-refractivity contribution in [3.8, 4) is 0 Å². The largest absolute Gasteiger partial charge is 0.399 e. The van der Waals surface area contributed by atoms with Crippen LogP contribution in [0.5, 0.6) is 0 Å². The third-order valence-corrected chi connectivity index (χ3v) is 3.68. The molecule has 0 aliphatic heterocycles. The highest BCUT2D eigenvalue weighted by Gasteiger charge is 2.09. The summed E-state index contributed by atoms with van der Waals surface area (Å²) in [4.78, 5) is 25.4. The molecule has 0 bridgehead atoms. The molecule has 5 nitrogen and oxygen atoms in total. The highest BCUT2D eigenvalue weighted by atomic mass is 16.2. The molecule has 1 aromatic carbocycles. The molecule has 0 atom stereocenters. The maximum absolute atomic E-state index is 11.8. The fraction of sp³-hybridized carbons (Fsp3) is 0.529. The minimum absolute atomic E-state index is 0.00135. The third kappa shape index (κ3) is 6.16. The average Bonchev–Trinajstić information content (AvgIpc) is 2.52. The highest BCUT2D eigenvalue weighted by molar-refractivity contribution is 5.77. The fourth-order valence-corrected chi connectivity index (χ4v) is 2.30. The van der Waals surface area contributed by atoms with Crippen LogP contribution in [0.4, 0.5) is 5.69 Å². The second-order valence-electron chi connectivity index (χ2n) is 5.22. The number of hydrogen-bond donors (Lipinski definition) is 2. The van der Waals surface area contributed by atoms with Gasteiger partial charge >= 0.3 is 0 Å². The summed E-state index contributed by atoms with van der Waals surface area (Å²) < 4.78 is 0. The van der Waals surface area contributed by atoms with Gasteiger partial charge in [0.05, 0.1) is 0 Å². The van der Waals surface area contributed by atoms with Gasteiger partial charge in [-0.25, -0.2) is 0 Å². The van der Waals surface area contributed by atoms with Crippen molar-refractivity contribution in [3.05, 3.63) is 29.8 Å². The third-order valence-electron chi connectivity index (χ3n) is 3.68. The molecule has 3 N–H and O–H groups in total. The summed E-state index contributed by atoms with van der Waals surface area (Å²) >= 11 is 0. The van der Waals surface area contributed by atoms with Crippen LogP contribution < -0.4 is 11.1 Å². The predicted molar refractivity (Wildman–Crippen MR) is 89.3 cm³/mol. The smallest absolute Gasteiger partial charge is 0.222 e. The van der Waals surface area contributed by atoms with Gasteiger partial charge in [0.15, 0.2) is 0 Å². The van der Waals surface area contributed by atoms with E-state index in [9.17, 15) is 9.59 Å². The summed E-state index contributed by atoms with van der Waals surface area (Å²) in [6, 6.07) is 7.58. The summed E-state index contributed by atoms with van der Waals surface area (Å²) in [6.45, 7) is 5.95. The molecule has 1 aromatic rings. The molecule has 0 aromatic heterocycles. The fourth-order valence-electron chi connectivity index (χ4n) is 2.30. The molecule has 5 heteroatoms. The molecule has 0 radical (unpaired) electrons. The Bertz CT molecular complexity index is 485. The van der Waals surface area contributed by atoms with Gasteiger partial charge < -0.3 is 16.0 Å². The van der Waals surface area contributed by atoms with Gasteiger partial charge in [0.1, 0.15) is 0 Å². The van der Waals surface area contributed by atoms with Crippen molar-refractivity contribution < 1.29 is 9.59 Å². The molecule has 0 spiro atoms. The SMILES string of the molecule is CCN(CC)C(=O)CCCNC(=O)CCc1ccccc1N. The van der Waals surface area contributed by atoms with E-state index in [4.69, 9.17) is 5.73 Å². The van der Waals surface area contributed by atoms with E-state index < -0.39 is 0 Å². The number of anilines is 1. The lowest BCUT2D eigenvalue weighted by atomic mass is 10.1. The number of carbonyl (C=O) groups is 2. The molecule has 22 heavy (non-hydrogen) atoms. The van der Waals surface area contributed by atoms with E-state index in [1.165, 1.54) is 0 Å². The van der Waals surface area contributed by atoms with Crippen molar-refractivity contribution in [2.45, 2.75) is 39.5 Å². The van der Waals surface area contributed by atoms with E-state index in [0.29, 0.717) is 32.2 Å². The van der Waals surface area contributed by atoms with Crippen LogP contribution in [0.3, 0.4) is 0 Å². The van der Waals surface area contributed by atoms with Crippen molar-refractivity contribution >= 4 is 17.5 Å². The Morgan fingerprint density at radius 3 is 2.45 bits per heavy atom. The molecular formula is C17H27N3O2. The number of aryl methyl sites for hydroxylation is 1. The minimum atomic E-state index is -0.00135. The maximum atomic E-state index is 11.8. The number of nitrogens with zero attached hydrogens (tertiary/aromatic N) is 1. The molecule has 122 valence electrons. The predicted octanol–water partition coefficient (Wildman–Crippen LogP) is 1.97. The molecule has 0 aliphatic rings. The van der Waals surface area contributed by atoms with Crippen LogP contribution in [0.15, 0.2) is 24.3 Å². The number of benzene rings is 1. The first-order valence-corrected chi connectivity index (χ1v) is 7.96. The summed E-state index contributed by atoms with van der Waals surface area (Å²) in [7, 11) is 0. The van der Waals surface area contributed by atoms with Crippen LogP contribution in [0.1, 0.15) is 38.7 Å². The Labute approximate surface area is 132 Å². The summed E-state index contributed by atoms with van der Waals surface area (Å²) in [5.74, 6) is 0.148. The minimum Gasteiger partial charge on any atom is -0.399 e. The van der Waals surface area contributed by atoms with E-state index in [1.54, 1.807) is 4.90 Å². The number of amides is 2. The van der Waals surface area contributed by atoms with Gasteiger partial charge in [0.25, 0.3) is 0 Å². The van der Waals surface area contributed by atoms with Crippen LogP contribution in [0.2, 0.25) is 0 Å². The lowest BCUT2D eigenvalue weighted by Gasteiger charge is -2.18. The zero-order valence-corrected chi connectivity index (χ0v) is 13.6. The molecular weight excluding hydrogens is 278 g/mol. The number of para-hydroxylation sites is 1. The number of rotatable bonds is 9. The topological polar surface area (TPSA) is 75.4 Å². The highest BCUT2D eigenvalue weighted by Crippen LogP contribution is 2.12. The van der Waals surface area contributed by atoms with Gasteiger partial charge in [-0.05, 0) is 38.3 Å². The van der Waals surface area contributed by atoms with Crippen LogP contribution in [-0.2, 0) is 16.0 Å². The number of hydrogen-bond acceptors (Lipinski definition) is 3. The summed E-state index contributed by atoms with van der Waals surface area (Å²) in [6.07, 6.45) is 2.21. The number of carbonyl (C=O) groups excluding carboxylic acids is 2. The van der Waals surface area contributed by atoms with Crippen molar-refractivity contribution in [3.63, 3.8) is 0 Å². The lowest BCUT2D eigenvalue weighted by molar-refractivity contribution is -0.131. The lowest BCUT2D eigenvalue weighted by Crippen LogP contribution is -2.31. The maximum Gasteiger partial charge on any atom is 0.222 e. The van der Waals surface area contributed by atoms with E-state index in [-0.39, 0.29) is 11.8 Å². The first-order chi connectivity index (χ1) is 10.6. The van der Waals surface area contributed by atoms with E-state index >= 15 is 0 Å². The number of nitrogens with one attached hydrogen (secondary N) is 1. The second-order valence-corrected chi connectivity index (χ2v) is 5.22. The Balaban J connectivity index is 2.19. The molecule has 0 fully saturated rings. The Morgan fingerprint density at radius 1 is 1.14 bits per heavy atom. The molecule has 0 heterocycles. The van der Waals surface area contributed by atoms with Gasteiger partial charge in [-0.2, -0.15) is 0 Å². The zero-order chi connectivity index (χ0) is 16.4. The Hall–Kier alpha value is -2.04. The number of nitrogens with two attached hydrogens (primary N) is 1. The normalized spacial score (nSPS) is 10.3. The summed E-state index contributed by atoms with van der Waals surface area (Å²) in [5, 5.41) is 2.85. The van der Waals surface area contributed by atoms with Crippen molar-refractivity contribution in [1.29, 1.82) is 0 Å². The molecule has 1 rings (SSSR count). The Kier molecular flexibility index (Phi) is 8.04. The van der Waals surface area contributed by atoms with Crippen LogP contribution in [-0.4, -0.2) is 36.3 Å². The van der Waals surface area contributed by atoms with Crippen molar-refractivity contribution in [1.82, 2.24) is 10.2 Å². The van der Waals surface area contributed by atoms with Gasteiger partial charge in [-0.15, -0.1) is 0 Å². The van der Waals surface area contributed by atoms with Crippen molar-refractivity contribution in [2.75, 3.05) is 25.4 Å². The average molecular weight is 305 g/mol. The summed E-state index contributed by atoms with van der Waals surface area (Å²) in [5.41, 5.74) is 7.56. The van der Waals surface area contributed by atoms with Crippen molar-refractivity contribution in [2.24, 2.45) is 0 Å². The molecule has 0 saturated heterocycles. The molecule has 2 amide bonds. The first kappa shape index (κ1) is 18.0. The van der Waals surface area contributed by atoms with E-state index in [2.05, 4.69) is 5.32 Å². The van der Waals surface area contributed by atoms with Gasteiger partial charge in [0, 0.05) is 38.2 Å². The van der Waals surface area contributed by atoms with E-state index in [1.807, 2.05) is 38.1 Å². The molecule has 0 aliphatic carbocycles. The van der Waals surface area contributed by atoms with Crippen LogP contribution >= 0.6 is 0 Å². The first-order valence-electron chi connectivity index (χ1n) is 7.96. The second kappa shape index (κ2) is 9.82. The monoisotopic (exact) mass is 305 g/mol. The molecule has 0 unspecified atom stereocenters. The molecule has 0 saturated carbocycles.